The molecule has 1 saturated heterocycles. The van der Waals surface area contributed by atoms with Crippen LogP contribution in [-0.4, -0.2) is 90.0 Å². The molecular formula is C35H45ClN3O5S+. The Morgan fingerprint density at radius 3 is 2.20 bits per heavy atom. The molecule has 3 aromatic carbocycles. The van der Waals surface area contributed by atoms with Gasteiger partial charge in [0.25, 0.3) is 0 Å². The number of piperazine rings is 1. The number of fused-ring (bicyclic) bond motifs is 1. The first-order valence-corrected chi connectivity index (χ1v) is 16.8. The van der Waals surface area contributed by atoms with Gasteiger partial charge in [0, 0.05) is 43.8 Å². The first-order valence-electron chi connectivity index (χ1n) is 15.6. The number of hydrogen-bond acceptors (Lipinski definition) is 8. The maximum absolute atomic E-state index is 13.7. The molecule has 0 radical (unpaired) electrons. The third-order valence-electron chi connectivity index (χ3n) is 8.87. The van der Waals surface area contributed by atoms with Crippen molar-refractivity contribution < 1.29 is 23.7 Å². The molecule has 2 heterocycles. The van der Waals surface area contributed by atoms with Crippen LogP contribution in [0.4, 0.5) is 5.69 Å². The van der Waals surface area contributed by atoms with E-state index in [-0.39, 0.29) is 15.7 Å². The third-order valence-corrected chi connectivity index (χ3v) is 10.4. The van der Waals surface area contributed by atoms with Gasteiger partial charge >= 0.3 is 5.91 Å². The van der Waals surface area contributed by atoms with E-state index in [2.05, 4.69) is 15.9 Å². The van der Waals surface area contributed by atoms with Crippen molar-refractivity contribution in [2.24, 2.45) is 0 Å². The largest absolute Gasteiger partial charge is 0.493 e. The Kier molecular flexibility index (Phi) is 11.2. The lowest BCUT2D eigenvalue weighted by Gasteiger charge is -2.36. The summed E-state index contributed by atoms with van der Waals surface area (Å²) >= 11 is 7.98. The van der Waals surface area contributed by atoms with E-state index in [1.165, 1.54) is 17.5 Å². The number of methoxy groups -OCH3 is 3. The van der Waals surface area contributed by atoms with Crippen LogP contribution >= 0.6 is 23.5 Å². The van der Waals surface area contributed by atoms with Crippen LogP contribution in [0.25, 0.3) is 0 Å². The van der Waals surface area contributed by atoms with Crippen LogP contribution in [0.2, 0.25) is 5.02 Å². The number of quaternary nitrogens is 1. The van der Waals surface area contributed by atoms with Crippen molar-refractivity contribution in [2.75, 3.05) is 74.3 Å². The van der Waals surface area contributed by atoms with Gasteiger partial charge in [-0.3, -0.25) is 0 Å². The fourth-order valence-corrected chi connectivity index (χ4v) is 7.74. The Labute approximate surface area is 276 Å². The second kappa shape index (κ2) is 15.1. The van der Waals surface area contributed by atoms with Crippen LogP contribution in [0.1, 0.15) is 36.8 Å². The number of rotatable bonds is 13. The Morgan fingerprint density at radius 2 is 1.53 bits per heavy atom. The lowest BCUT2D eigenvalue weighted by atomic mass is 9.99. The average Bonchev–Trinajstić information content (AvgIpc) is 3.06. The highest BCUT2D eigenvalue weighted by Crippen LogP contribution is 2.49. The molecule has 10 heteroatoms. The second-order valence-electron chi connectivity index (χ2n) is 11.7. The number of hydrogen-bond donors (Lipinski definition) is 0. The van der Waals surface area contributed by atoms with Gasteiger partial charge in [-0.1, -0.05) is 29.8 Å². The Balaban J connectivity index is 1.08. The first kappa shape index (κ1) is 33.4. The van der Waals surface area contributed by atoms with Crippen molar-refractivity contribution in [3.8, 4) is 23.0 Å². The molecule has 3 aromatic rings. The summed E-state index contributed by atoms with van der Waals surface area (Å²) in [6.07, 6.45) is 2.92. The highest BCUT2D eigenvalue weighted by Gasteiger charge is 2.48. The summed E-state index contributed by atoms with van der Waals surface area (Å²) in [5.74, 6) is 2.65. The molecule has 0 spiro atoms. The number of halogens is 1. The van der Waals surface area contributed by atoms with Crippen molar-refractivity contribution in [1.82, 2.24) is 13.7 Å². The summed E-state index contributed by atoms with van der Waals surface area (Å²) in [4.78, 5) is 19.8. The lowest BCUT2D eigenvalue weighted by molar-refractivity contribution is -0.126. The molecule has 0 aromatic heterocycles. The second-order valence-corrected chi connectivity index (χ2v) is 13.5. The van der Waals surface area contributed by atoms with Gasteiger partial charge in [-0.05, 0) is 74.2 Å². The normalized spacial score (nSPS) is 20.5. The minimum atomic E-state index is -0.214. The molecule has 2 aliphatic rings. The molecule has 242 valence electrons. The number of carbonyl (C=O) groups excluding carboxylic acids is 1. The number of carbonyl (C=O) groups is 1. The molecule has 45 heavy (non-hydrogen) atoms. The fraction of sp³-hybridized carbons (Fsp3) is 0.457. The number of unbranched alkanes of at least 4 members (excludes halogenated alkanes) is 1. The van der Waals surface area contributed by atoms with Crippen molar-refractivity contribution in [3.63, 3.8) is 0 Å². The maximum Gasteiger partial charge on any atom is 0.337 e. The highest BCUT2D eigenvalue weighted by molar-refractivity contribution is 7.99. The van der Waals surface area contributed by atoms with Crippen LogP contribution < -0.4 is 22.8 Å². The van der Waals surface area contributed by atoms with Gasteiger partial charge < -0.3 is 28.7 Å². The van der Waals surface area contributed by atoms with Crippen molar-refractivity contribution in [3.05, 3.63) is 70.7 Å². The molecule has 0 aliphatic carbocycles. The van der Waals surface area contributed by atoms with E-state index in [4.69, 9.17) is 30.5 Å². The van der Waals surface area contributed by atoms with E-state index in [1.807, 2.05) is 62.5 Å². The maximum atomic E-state index is 13.7. The number of ether oxygens (including phenoxy) is 4. The SMILES string of the molecule is COc1cc(CCN2CCN(CCCCOc3ccc(Cl)cc3[N+]3(C)Sc4ccccc4C(C)C3=O)CC2)cc(OC)c1OC. The van der Waals surface area contributed by atoms with Crippen LogP contribution in [0, 0.1) is 0 Å². The van der Waals surface area contributed by atoms with Gasteiger partial charge in [0.1, 0.15) is 11.9 Å². The summed E-state index contributed by atoms with van der Waals surface area (Å²) in [7, 11) is 6.88. The van der Waals surface area contributed by atoms with E-state index in [9.17, 15) is 4.79 Å². The quantitative estimate of drug-likeness (QED) is 0.115. The zero-order chi connectivity index (χ0) is 32.0. The highest BCUT2D eigenvalue weighted by atomic mass is 35.5. The molecule has 2 aliphatic heterocycles. The monoisotopic (exact) mass is 654 g/mol. The van der Waals surface area contributed by atoms with Crippen LogP contribution in [0.15, 0.2) is 59.5 Å². The Bertz CT molecular complexity index is 1460. The lowest BCUT2D eigenvalue weighted by Crippen LogP contribution is -2.48. The third kappa shape index (κ3) is 7.55. The Hall–Kier alpha value is -2.95. The van der Waals surface area contributed by atoms with E-state index in [1.54, 1.807) is 21.3 Å². The summed E-state index contributed by atoms with van der Waals surface area (Å²) in [5, 5.41) is 0.596. The topological polar surface area (TPSA) is 60.5 Å². The van der Waals surface area contributed by atoms with Crippen LogP contribution in [-0.2, 0) is 11.2 Å². The minimum absolute atomic E-state index is 0.0674. The summed E-state index contributed by atoms with van der Waals surface area (Å²) in [6, 6.07) is 17.8. The number of benzene rings is 3. The van der Waals surface area contributed by atoms with E-state index in [0.717, 1.165) is 80.4 Å². The molecule has 0 N–H and O–H groups in total. The molecule has 1 fully saturated rings. The smallest absolute Gasteiger partial charge is 0.337 e. The first-order chi connectivity index (χ1) is 21.8. The average molecular weight is 655 g/mol. The van der Waals surface area contributed by atoms with E-state index >= 15 is 0 Å². The molecule has 1 amide bonds. The minimum Gasteiger partial charge on any atom is -0.493 e. The summed E-state index contributed by atoms with van der Waals surface area (Å²) in [5.41, 5.74) is 3.04. The van der Waals surface area contributed by atoms with Gasteiger partial charge in [-0.2, -0.15) is 3.89 Å². The molecule has 5 rings (SSSR count). The molecule has 8 nitrogen and oxygen atoms in total. The van der Waals surface area contributed by atoms with Gasteiger partial charge in [0.05, 0.1) is 45.8 Å². The van der Waals surface area contributed by atoms with Crippen molar-refractivity contribution >= 4 is 35.1 Å². The predicted octanol–water partition coefficient (Wildman–Crippen LogP) is 6.67. The van der Waals surface area contributed by atoms with E-state index in [0.29, 0.717) is 28.9 Å². The molecular weight excluding hydrogens is 610 g/mol. The number of nitrogens with zero attached hydrogens (tertiary/aromatic N) is 3. The molecule has 2 unspecified atom stereocenters. The van der Waals surface area contributed by atoms with Gasteiger partial charge in [-0.15, -0.1) is 0 Å². The zero-order valence-corrected chi connectivity index (χ0v) is 28.6. The van der Waals surface area contributed by atoms with Gasteiger partial charge in [-0.25, -0.2) is 4.79 Å². The summed E-state index contributed by atoms with van der Waals surface area (Å²) in [6.45, 7) is 8.85. The van der Waals surface area contributed by atoms with Gasteiger partial charge in [0.2, 0.25) is 5.75 Å². The number of likely N-dealkylation sites (N-methyl/N-ethyl adjacent to an activating group) is 1. The van der Waals surface area contributed by atoms with Gasteiger partial charge in [0.15, 0.2) is 22.9 Å². The predicted molar refractivity (Wildman–Crippen MR) is 182 cm³/mol. The number of amides is 1. The van der Waals surface area contributed by atoms with Crippen LogP contribution in [0.5, 0.6) is 23.0 Å². The standard InChI is InChI=1S/C35H45ClN3O5S/c1-25-28-10-6-7-11-33(28)45-39(2,35(25)40)29-24-27(36)12-13-30(29)44-21-9-8-15-37-17-19-38(20-18-37)16-14-26-22-31(41-3)34(43-5)32(23-26)42-4/h6-7,10-13,22-25H,8-9,14-21H2,1-5H3/q+1. The summed E-state index contributed by atoms with van der Waals surface area (Å²) < 4.78 is 22.9. The van der Waals surface area contributed by atoms with Crippen LogP contribution in [0.3, 0.4) is 0 Å². The zero-order valence-electron chi connectivity index (χ0n) is 27.0. The Morgan fingerprint density at radius 1 is 0.867 bits per heavy atom. The molecule has 0 saturated carbocycles. The molecule has 0 bridgehead atoms. The fourth-order valence-electron chi connectivity index (χ4n) is 6.20. The van der Waals surface area contributed by atoms with Crippen molar-refractivity contribution in [1.29, 1.82) is 0 Å². The molecule has 2 atom stereocenters. The van der Waals surface area contributed by atoms with E-state index < -0.39 is 0 Å². The van der Waals surface area contributed by atoms with Crippen molar-refractivity contribution in [2.45, 2.75) is 37.0 Å².